The van der Waals surface area contributed by atoms with E-state index in [1.807, 2.05) is 11.1 Å². The van der Waals surface area contributed by atoms with Crippen molar-refractivity contribution < 1.29 is 9.21 Å². The maximum Gasteiger partial charge on any atom is 0.257 e. The quantitative estimate of drug-likeness (QED) is 0.928. The van der Waals surface area contributed by atoms with Gasteiger partial charge in [0.25, 0.3) is 5.91 Å². The molecule has 3 heterocycles. The van der Waals surface area contributed by atoms with Gasteiger partial charge in [-0.2, -0.15) is 0 Å². The molecule has 2 aromatic rings. The van der Waals surface area contributed by atoms with Gasteiger partial charge in [0.2, 0.25) is 0 Å². The first kappa shape index (κ1) is 15.1. The number of aryl methyl sites for hydroxylation is 1. The van der Waals surface area contributed by atoms with Crippen LogP contribution < -0.4 is 10.6 Å². The van der Waals surface area contributed by atoms with Crippen molar-refractivity contribution in [3.63, 3.8) is 0 Å². The molecule has 6 nitrogen and oxygen atoms in total. The molecule has 0 bridgehead atoms. The number of piperazine rings is 1. The van der Waals surface area contributed by atoms with Crippen LogP contribution in [-0.4, -0.2) is 42.0 Å². The molecule has 1 aliphatic heterocycles. The SMILES string of the molecule is CCc1cnc(N2CCN(C(=O)c3coc(CN)c3)CC2)s1. The zero-order valence-corrected chi connectivity index (χ0v) is 13.4. The van der Waals surface area contributed by atoms with Gasteiger partial charge in [0.05, 0.1) is 12.1 Å². The van der Waals surface area contributed by atoms with Gasteiger partial charge < -0.3 is 20.0 Å². The fourth-order valence-corrected chi connectivity index (χ4v) is 3.39. The molecule has 0 aromatic carbocycles. The first-order valence-corrected chi connectivity index (χ1v) is 8.29. The summed E-state index contributed by atoms with van der Waals surface area (Å²) in [7, 11) is 0. The summed E-state index contributed by atoms with van der Waals surface area (Å²) in [5.41, 5.74) is 6.09. The van der Waals surface area contributed by atoms with Crippen LogP contribution in [0.4, 0.5) is 5.13 Å². The Labute approximate surface area is 133 Å². The lowest BCUT2D eigenvalue weighted by molar-refractivity contribution is 0.0746. The Balaban J connectivity index is 1.60. The van der Waals surface area contributed by atoms with E-state index in [9.17, 15) is 4.79 Å². The van der Waals surface area contributed by atoms with Gasteiger partial charge >= 0.3 is 0 Å². The minimum atomic E-state index is 0.0106. The van der Waals surface area contributed by atoms with Gasteiger partial charge in [-0.05, 0) is 12.5 Å². The number of carbonyl (C=O) groups excluding carboxylic acids is 1. The number of nitrogens with zero attached hydrogens (tertiary/aromatic N) is 3. The maximum absolute atomic E-state index is 12.4. The average molecular weight is 320 g/mol. The number of carbonyl (C=O) groups is 1. The monoisotopic (exact) mass is 320 g/mol. The van der Waals surface area contributed by atoms with E-state index in [2.05, 4.69) is 16.8 Å². The number of furan rings is 1. The van der Waals surface area contributed by atoms with E-state index < -0.39 is 0 Å². The minimum absolute atomic E-state index is 0.0106. The van der Waals surface area contributed by atoms with Crippen molar-refractivity contribution in [3.8, 4) is 0 Å². The van der Waals surface area contributed by atoms with Gasteiger partial charge in [0, 0.05) is 37.3 Å². The number of hydrogen-bond donors (Lipinski definition) is 1. The standard InChI is InChI=1S/C15H20N4O2S/c1-2-13-9-17-15(22-13)19-5-3-18(4-6-19)14(20)11-7-12(8-16)21-10-11/h7,9-10H,2-6,8,16H2,1H3. The Morgan fingerprint density at radius 1 is 1.41 bits per heavy atom. The van der Waals surface area contributed by atoms with Crippen molar-refractivity contribution in [1.29, 1.82) is 0 Å². The third-order valence-electron chi connectivity index (χ3n) is 3.83. The summed E-state index contributed by atoms with van der Waals surface area (Å²) in [5.74, 6) is 0.647. The van der Waals surface area contributed by atoms with E-state index in [4.69, 9.17) is 10.2 Å². The lowest BCUT2D eigenvalue weighted by Gasteiger charge is -2.34. The lowest BCUT2D eigenvalue weighted by Crippen LogP contribution is -2.48. The highest BCUT2D eigenvalue weighted by Gasteiger charge is 2.24. The fourth-order valence-electron chi connectivity index (χ4n) is 2.49. The van der Waals surface area contributed by atoms with Crippen molar-refractivity contribution >= 4 is 22.4 Å². The first-order valence-electron chi connectivity index (χ1n) is 7.47. The Morgan fingerprint density at radius 3 is 2.77 bits per heavy atom. The van der Waals surface area contributed by atoms with Crippen LogP contribution in [0, 0.1) is 0 Å². The van der Waals surface area contributed by atoms with Crippen molar-refractivity contribution in [2.75, 3.05) is 31.1 Å². The van der Waals surface area contributed by atoms with Crippen LogP contribution in [0.1, 0.15) is 27.9 Å². The number of anilines is 1. The molecule has 22 heavy (non-hydrogen) atoms. The van der Waals surface area contributed by atoms with Crippen LogP contribution in [0.15, 0.2) is 22.9 Å². The second kappa shape index (κ2) is 6.50. The van der Waals surface area contributed by atoms with E-state index in [0.717, 1.165) is 24.6 Å². The molecular formula is C15H20N4O2S. The molecular weight excluding hydrogens is 300 g/mol. The van der Waals surface area contributed by atoms with Gasteiger partial charge in [-0.15, -0.1) is 11.3 Å². The zero-order chi connectivity index (χ0) is 15.5. The molecule has 7 heteroatoms. The van der Waals surface area contributed by atoms with E-state index >= 15 is 0 Å². The van der Waals surface area contributed by atoms with E-state index in [-0.39, 0.29) is 5.91 Å². The molecule has 3 rings (SSSR count). The Kier molecular flexibility index (Phi) is 4.44. The Hall–Kier alpha value is -1.86. The molecule has 2 N–H and O–H groups in total. The molecule has 1 saturated heterocycles. The predicted octanol–water partition coefficient (Wildman–Crippen LogP) is 1.72. The summed E-state index contributed by atoms with van der Waals surface area (Å²) in [6, 6.07) is 1.73. The predicted molar refractivity (Wildman–Crippen MR) is 86.2 cm³/mol. The van der Waals surface area contributed by atoms with Gasteiger partial charge in [-0.25, -0.2) is 4.98 Å². The van der Waals surface area contributed by atoms with Crippen molar-refractivity contribution in [2.24, 2.45) is 5.73 Å². The van der Waals surface area contributed by atoms with Gasteiger partial charge in [-0.1, -0.05) is 6.92 Å². The molecule has 0 atom stereocenters. The van der Waals surface area contributed by atoms with Crippen molar-refractivity contribution in [3.05, 3.63) is 34.7 Å². The molecule has 0 aliphatic carbocycles. The fraction of sp³-hybridized carbons (Fsp3) is 0.467. The number of rotatable bonds is 4. The number of hydrogen-bond acceptors (Lipinski definition) is 6. The van der Waals surface area contributed by atoms with Gasteiger partial charge in [0.15, 0.2) is 5.13 Å². The molecule has 118 valence electrons. The molecule has 0 saturated carbocycles. The number of amides is 1. The molecule has 0 unspecified atom stereocenters. The average Bonchev–Trinajstić information content (AvgIpc) is 3.23. The number of nitrogens with two attached hydrogens (primary N) is 1. The van der Waals surface area contributed by atoms with E-state index in [1.165, 1.54) is 11.1 Å². The largest absolute Gasteiger partial charge is 0.467 e. The second-order valence-electron chi connectivity index (χ2n) is 5.25. The third-order valence-corrected chi connectivity index (χ3v) is 5.03. The Morgan fingerprint density at radius 2 is 2.18 bits per heavy atom. The number of aromatic nitrogens is 1. The van der Waals surface area contributed by atoms with Crippen LogP contribution in [0.3, 0.4) is 0 Å². The van der Waals surface area contributed by atoms with Crippen molar-refractivity contribution in [1.82, 2.24) is 9.88 Å². The van der Waals surface area contributed by atoms with Crippen LogP contribution in [0.25, 0.3) is 0 Å². The molecule has 1 amide bonds. The summed E-state index contributed by atoms with van der Waals surface area (Å²) in [6.07, 6.45) is 4.45. The summed E-state index contributed by atoms with van der Waals surface area (Å²) >= 11 is 1.73. The number of thiazole rings is 1. The molecule has 1 fully saturated rings. The van der Waals surface area contributed by atoms with Gasteiger partial charge in [-0.3, -0.25) is 4.79 Å². The summed E-state index contributed by atoms with van der Waals surface area (Å²) in [6.45, 7) is 5.46. The molecule has 0 spiro atoms. The smallest absolute Gasteiger partial charge is 0.257 e. The van der Waals surface area contributed by atoms with Crippen molar-refractivity contribution in [2.45, 2.75) is 19.9 Å². The summed E-state index contributed by atoms with van der Waals surface area (Å²) in [5, 5.41) is 1.05. The second-order valence-corrected chi connectivity index (χ2v) is 6.34. The zero-order valence-electron chi connectivity index (χ0n) is 12.6. The highest BCUT2D eigenvalue weighted by Crippen LogP contribution is 2.24. The lowest BCUT2D eigenvalue weighted by atomic mass is 10.2. The first-order chi connectivity index (χ1) is 10.7. The topological polar surface area (TPSA) is 75.6 Å². The van der Waals surface area contributed by atoms with Crippen LogP contribution >= 0.6 is 11.3 Å². The normalized spacial score (nSPS) is 15.4. The molecule has 1 aliphatic rings. The van der Waals surface area contributed by atoms with E-state index in [1.54, 1.807) is 17.4 Å². The maximum atomic E-state index is 12.4. The van der Waals surface area contributed by atoms with Crippen LogP contribution in [0.5, 0.6) is 0 Å². The highest BCUT2D eigenvalue weighted by molar-refractivity contribution is 7.15. The van der Waals surface area contributed by atoms with Crippen LogP contribution in [-0.2, 0) is 13.0 Å². The molecule has 2 aromatic heterocycles. The summed E-state index contributed by atoms with van der Waals surface area (Å²) < 4.78 is 5.24. The summed E-state index contributed by atoms with van der Waals surface area (Å²) in [4.78, 5) is 22.3. The van der Waals surface area contributed by atoms with Crippen LogP contribution in [0.2, 0.25) is 0 Å². The van der Waals surface area contributed by atoms with Gasteiger partial charge in [0.1, 0.15) is 12.0 Å². The Bertz CT molecular complexity index is 644. The third kappa shape index (κ3) is 3.00. The van der Waals surface area contributed by atoms with E-state index in [0.29, 0.717) is 31.0 Å². The minimum Gasteiger partial charge on any atom is -0.467 e. The highest BCUT2D eigenvalue weighted by atomic mass is 32.1. The molecule has 0 radical (unpaired) electrons.